The van der Waals surface area contributed by atoms with Crippen molar-refractivity contribution in [3.8, 4) is 5.69 Å². The van der Waals surface area contributed by atoms with E-state index in [9.17, 15) is 0 Å². The first-order chi connectivity index (χ1) is 9.26. The van der Waals surface area contributed by atoms with E-state index in [1.807, 2.05) is 48.0 Å². The van der Waals surface area contributed by atoms with E-state index in [0.29, 0.717) is 5.69 Å². The summed E-state index contributed by atoms with van der Waals surface area (Å²) in [5.74, 6) is 0. The Kier molecular flexibility index (Phi) is 4.26. The molecule has 4 nitrogen and oxygen atoms in total. The van der Waals surface area contributed by atoms with Gasteiger partial charge in [-0.2, -0.15) is 0 Å². The van der Waals surface area contributed by atoms with Crippen LogP contribution in [0.25, 0.3) is 11.8 Å². The molecule has 2 aromatic rings. The number of benzene rings is 1. The van der Waals surface area contributed by atoms with Crippen LogP contribution < -0.4 is 5.32 Å². The van der Waals surface area contributed by atoms with Crippen molar-refractivity contribution in [1.82, 2.24) is 14.9 Å². The monoisotopic (exact) mass is 254 g/mol. The lowest BCUT2D eigenvalue weighted by Crippen LogP contribution is -2.17. The molecule has 1 aromatic carbocycles. The van der Waals surface area contributed by atoms with E-state index in [2.05, 4.69) is 23.3 Å². The van der Waals surface area contributed by atoms with Crippen LogP contribution in [0.5, 0.6) is 0 Å². The molecule has 0 saturated carbocycles. The summed E-state index contributed by atoms with van der Waals surface area (Å²) in [6.45, 7) is 2.07. The smallest absolute Gasteiger partial charge is 0.106 e. The normalized spacial score (nSPS) is 12.7. The molecule has 0 aliphatic carbocycles. The minimum Gasteiger partial charge on any atom is -0.314 e. The van der Waals surface area contributed by atoms with Crippen LogP contribution in [0.1, 0.15) is 18.3 Å². The van der Waals surface area contributed by atoms with Gasteiger partial charge in [-0.1, -0.05) is 24.3 Å². The molecule has 0 bridgehead atoms. The highest BCUT2D eigenvalue weighted by Crippen LogP contribution is 2.15. The van der Waals surface area contributed by atoms with Gasteiger partial charge in [0.1, 0.15) is 12.0 Å². The summed E-state index contributed by atoms with van der Waals surface area (Å²) < 4.78 is 1.99. The highest BCUT2D eigenvalue weighted by atomic mass is 15.1. The Morgan fingerprint density at radius 2 is 2.05 bits per heavy atom. The Morgan fingerprint density at radius 1 is 1.32 bits per heavy atom. The molecule has 1 aromatic heterocycles. The van der Waals surface area contributed by atoms with E-state index in [1.165, 1.54) is 6.21 Å². The van der Waals surface area contributed by atoms with E-state index in [0.717, 1.165) is 11.4 Å². The Bertz CT molecular complexity index is 569. The van der Waals surface area contributed by atoms with Crippen molar-refractivity contribution in [3.63, 3.8) is 0 Å². The fourth-order valence-electron chi connectivity index (χ4n) is 1.77. The molecule has 19 heavy (non-hydrogen) atoms. The van der Waals surface area contributed by atoms with Gasteiger partial charge in [0.25, 0.3) is 0 Å². The van der Waals surface area contributed by atoms with E-state index in [-0.39, 0.29) is 6.04 Å². The van der Waals surface area contributed by atoms with Crippen molar-refractivity contribution < 1.29 is 0 Å². The molecule has 0 spiro atoms. The highest BCUT2D eigenvalue weighted by molar-refractivity contribution is 5.80. The lowest BCUT2D eigenvalue weighted by molar-refractivity contribution is 0.731. The van der Waals surface area contributed by atoms with E-state index in [1.54, 1.807) is 6.33 Å². The maximum Gasteiger partial charge on any atom is 0.106 e. The molecule has 0 aliphatic rings. The minimum atomic E-state index is 0.276. The number of para-hydroxylation sites is 1. The molecule has 1 atom stereocenters. The zero-order valence-electron chi connectivity index (χ0n) is 11.2. The second kappa shape index (κ2) is 6.11. The molecule has 0 radical (unpaired) electrons. The highest BCUT2D eigenvalue weighted by Gasteiger charge is 2.07. The summed E-state index contributed by atoms with van der Waals surface area (Å²) in [5, 5.41) is 10.6. The van der Waals surface area contributed by atoms with Crippen LogP contribution >= 0.6 is 0 Å². The Labute approximate surface area is 113 Å². The van der Waals surface area contributed by atoms with Crippen LogP contribution in [-0.2, 0) is 0 Å². The summed E-state index contributed by atoms with van der Waals surface area (Å²) in [4.78, 5) is 4.26. The standard InChI is InChI=1S/C15H18N4/c1-12(17-2)8-9-15-14(10-16)18-11-19(15)13-6-4-3-5-7-13/h3-12,16-17H,1-2H3/b9-8-,16-10?. The van der Waals surface area contributed by atoms with Crippen molar-refractivity contribution in [3.05, 3.63) is 54.1 Å². The molecule has 4 heteroatoms. The molecule has 0 aliphatic heterocycles. The molecular weight excluding hydrogens is 236 g/mol. The van der Waals surface area contributed by atoms with Gasteiger partial charge in [-0.25, -0.2) is 4.98 Å². The summed E-state index contributed by atoms with van der Waals surface area (Å²) >= 11 is 0. The average molecular weight is 254 g/mol. The quantitative estimate of drug-likeness (QED) is 0.805. The molecule has 2 N–H and O–H groups in total. The van der Waals surface area contributed by atoms with Gasteiger partial charge in [0.2, 0.25) is 0 Å². The summed E-state index contributed by atoms with van der Waals surface area (Å²) in [6.07, 6.45) is 7.09. The average Bonchev–Trinajstić information content (AvgIpc) is 2.88. The Balaban J connectivity index is 2.43. The largest absolute Gasteiger partial charge is 0.314 e. The number of aromatic nitrogens is 2. The number of hydrogen-bond acceptors (Lipinski definition) is 3. The first kappa shape index (κ1) is 13.2. The predicted molar refractivity (Wildman–Crippen MR) is 79.0 cm³/mol. The Morgan fingerprint density at radius 3 is 2.68 bits per heavy atom. The second-order valence-corrected chi connectivity index (χ2v) is 4.30. The van der Waals surface area contributed by atoms with Crippen LogP contribution in [0, 0.1) is 5.41 Å². The lowest BCUT2D eigenvalue weighted by atomic mass is 10.2. The summed E-state index contributed by atoms with van der Waals surface area (Å²) in [6, 6.07) is 10.3. The third-order valence-electron chi connectivity index (χ3n) is 3.00. The Hall–Kier alpha value is -2.20. The summed E-state index contributed by atoms with van der Waals surface area (Å²) in [5.41, 5.74) is 2.63. The van der Waals surface area contributed by atoms with Crippen LogP contribution in [0.2, 0.25) is 0 Å². The fraction of sp³-hybridized carbons (Fsp3) is 0.200. The molecule has 1 heterocycles. The fourth-order valence-corrected chi connectivity index (χ4v) is 1.77. The van der Waals surface area contributed by atoms with Crippen molar-refractivity contribution >= 4 is 12.3 Å². The van der Waals surface area contributed by atoms with Gasteiger partial charge >= 0.3 is 0 Å². The minimum absolute atomic E-state index is 0.276. The first-order valence-corrected chi connectivity index (χ1v) is 6.25. The predicted octanol–water partition coefficient (Wildman–Crippen LogP) is 2.49. The second-order valence-electron chi connectivity index (χ2n) is 4.30. The number of rotatable bonds is 5. The lowest BCUT2D eigenvalue weighted by Gasteiger charge is -2.07. The third kappa shape index (κ3) is 2.98. The van der Waals surface area contributed by atoms with Gasteiger partial charge < -0.3 is 10.7 Å². The number of hydrogen-bond donors (Lipinski definition) is 2. The van der Waals surface area contributed by atoms with Gasteiger partial charge in [-0.3, -0.25) is 4.57 Å². The maximum atomic E-state index is 7.44. The van der Waals surface area contributed by atoms with Crippen LogP contribution in [0.3, 0.4) is 0 Å². The zero-order valence-corrected chi connectivity index (χ0v) is 11.2. The first-order valence-electron chi connectivity index (χ1n) is 6.25. The number of nitrogens with zero attached hydrogens (tertiary/aromatic N) is 2. The van der Waals surface area contributed by atoms with E-state index >= 15 is 0 Å². The number of imidazole rings is 1. The van der Waals surface area contributed by atoms with Crippen molar-refractivity contribution in [2.45, 2.75) is 13.0 Å². The van der Waals surface area contributed by atoms with E-state index < -0.39 is 0 Å². The van der Waals surface area contributed by atoms with Gasteiger partial charge in [-0.15, -0.1) is 0 Å². The van der Waals surface area contributed by atoms with Crippen molar-refractivity contribution in [2.24, 2.45) is 0 Å². The van der Waals surface area contributed by atoms with Crippen molar-refractivity contribution in [1.29, 1.82) is 5.41 Å². The van der Waals surface area contributed by atoms with Gasteiger partial charge in [0.15, 0.2) is 0 Å². The number of nitrogens with one attached hydrogen (secondary N) is 2. The molecule has 1 unspecified atom stereocenters. The van der Waals surface area contributed by atoms with Gasteiger partial charge in [0.05, 0.1) is 5.69 Å². The molecular formula is C15H18N4. The summed E-state index contributed by atoms with van der Waals surface area (Å²) in [7, 11) is 1.92. The molecule has 98 valence electrons. The molecule has 0 saturated heterocycles. The molecule has 0 fully saturated rings. The van der Waals surface area contributed by atoms with E-state index in [4.69, 9.17) is 5.41 Å². The maximum absolute atomic E-state index is 7.44. The topological polar surface area (TPSA) is 53.7 Å². The third-order valence-corrected chi connectivity index (χ3v) is 3.00. The van der Waals surface area contributed by atoms with Gasteiger partial charge in [-0.05, 0) is 32.2 Å². The number of likely N-dealkylation sites (N-methyl/N-ethyl adjacent to an activating group) is 1. The van der Waals surface area contributed by atoms with Gasteiger partial charge in [0, 0.05) is 17.9 Å². The molecule has 0 amide bonds. The SMILES string of the molecule is CNC(C)/C=C\c1c(C=N)ncn1-c1ccccc1. The molecule has 2 rings (SSSR count). The van der Waals surface area contributed by atoms with Crippen LogP contribution in [0.15, 0.2) is 42.7 Å². The van der Waals surface area contributed by atoms with Crippen LogP contribution in [-0.4, -0.2) is 28.9 Å². The zero-order chi connectivity index (χ0) is 13.7. The van der Waals surface area contributed by atoms with Crippen molar-refractivity contribution in [2.75, 3.05) is 7.05 Å². The van der Waals surface area contributed by atoms with Crippen LogP contribution in [0.4, 0.5) is 0 Å².